The Morgan fingerprint density at radius 3 is 2.33 bits per heavy atom. The van der Waals surface area contributed by atoms with E-state index < -0.39 is 24.1 Å². The molecule has 0 saturated carbocycles. The molecule has 0 spiro atoms. The molecule has 0 aliphatic heterocycles. The van der Waals surface area contributed by atoms with Crippen LogP contribution >= 0.6 is 0 Å². The van der Waals surface area contributed by atoms with Crippen molar-refractivity contribution in [1.82, 2.24) is 10.3 Å². The standard InChI is InChI=1S/C20H26N2O5/c1-11-17(13(3)23)12(2)22-18(11)20(25)27-14(4)19(24)21-10-15-6-8-16(26-5)9-7-15/h6-9,13-14,22-23H,10H2,1-5H3,(H,21,24)/t13-,14+/m1/s1. The molecule has 7 nitrogen and oxygen atoms in total. The Balaban J connectivity index is 1.95. The summed E-state index contributed by atoms with van der Waals surface area (Å²) in [6.45, 7) is 6.97. The SMILES string of the molecule is COc1ccc(CNC(=O)[C@H](C)OC(=O)c2[nH]c(C)c([C@@H](C)O)c2C)cc1. The molecule has 0 saturated heterocycles. The number of hydrogen-bond donors (Lipinski definition) is 3. The number of hydrogen-bond acceptors (Lipinski definition) is 5. The Hall–Kier alpha value is -2.80. The van der Waals surface area contributed by atoms with Gasteiger partial charge in [-0.2, -0.15) is 0 Å². The maximum Gasteiger partial charge on any atom is 0.355 e. The monoisotopic (exact) mass is 374 g/mol. The summed E-state index contributed by atoms with van der Waals surface area (Å²) in [5, 5.41) is 12.6. The number of aliphatic hydroxyl groups excluding tert-OH is 1. The highest BCUT2D eigenvalue weighted by atomic mass is 16.5. The van der Waals surface area contributed by atoms with Crippen LogP contribution in [-0.2, 0) is 16.1 Å². The van der Waals surface area contributed by atoms with Crippen LogP contribution < -0.4 is 10.1 Å². The van der Waals surface area contributed by atoms with Crippen LogP contribution in [0.5, 0.6) is 5.75 Å². The molecule has 0 bridgehead atoms. The largest absolute Gasteiger partial charge is 0.497 e. The van der Waals surface area contributed by atoms with Crippen LogP contribution in [0.3, 0.4) is 0 Å². The van der Waals surface area contributed by atoms with Crippen LogP contribution in [0.4, 0.5) is 0 Å². The second kappa shape index (κ2) is 8.73. The van der Waals surface area contributed by atoms with E-state index in [-0.39, 0.29) is 5.69 Å². The van der Waals surface area contributed by atoms with E-state index in [4.69, 9.17) is 9.47 Å². The molecule has 1 aromatic heterocycles. The average molecular weight is 374 g/mol. The van der Waals surface area contributed by atoms with Gasteiger partial charge < -0.3 is 24.9 Å². The van der Waals surface area contributed by atoms with Crippen LogP contribution in [0.1, 0.15) is 52.8 Å². The molecule has 7 heteroatoms. The molecule has 1 amide bonds. The number of benzene rings is 1. The number of rotatable bonds is 7. The van der Waals surface area contributed by atoms with Gasteiger partial charge in [-0.05, 0) is 51.0 Å². The zero-order chi connectivity index (χ0) is 20.1. The number of ether oxygens (including phenoxy) is 2. The van der Waals surface area contributed by atoms with Gasteiger partial charge in [-0.3, -0.25) is 4.79 Å². The van der Waals surface area contributed by atoms with Gasteiger partial charge in [0.1, 0.15) is 11.4 Å². The van der Waals surface area contributed by atoms with Crippen molar-refractivity contribution in [3.05, 3.63) is 52.3 Å². The third kappa shape index (κ3) is 4.89. The molecular formula is C20H26N2O5. The average Bonchev–Trinajstić information content (AvgIpc) is 2.94. The minimum absolute atomic E-state index is 0.248. The molecule has 2 rings (SSSR count). The molecule has 0 aliphatic carbocycles. The number of H-pyrrole nitrogens is 1. The quantitative estimate of drug-likeness (QED) is 0.647. The fourth-order valence-electron chi connectivity index (χ4n) is 2.94. The van der Waals surface area contributed by atoms with E-state index in [0.717, 1.165) is 11.3 Å². The number of aryl methyl sites for hydroxylation is 1. The van der Waals surface area contributed by atoms with E-state index in [1.165, 1.54) is 6.92 Å². The molecule has 2 atom stereocenters. The molecule has 1 heterocycles. The number of carbonyl (C=O) groups is 2. The first-order chi connectivity index (χ1) is 12.7. The van der Waals surface area contributed by atoms with Crippen LogP contribution in [0.25, 0.3) is 0 Å². The van der Waals surface area contributed by atoms with Gasteiger partial charge in [0.2, 0.25) is 0 Å². The van der Waals surface area contributed by atoms with E-state index in [1.54, 1.807) is 40.0 Å². The van der Waals surface area contributed by atoms with E-state index >= 15 is 0 Å². The van der Waals surface area contributed by atoms with Gasteiger partial charge in [-0.1, -0.05) is 12.1 Å². The molecule has 1 aromatic carbocycles. The highest BCUT2D eigenvalue weighted by molar-refractivity contribution is 5.92. The molecular weight excluding hydrogens is 348 g/mol. The lowest BCUT2D eigenvalue weighted by Crippen LogP contribution is -2.35. The van der Waals surface area contributed by atoms with Crippen LogP contribution in [-0.4, -0.2) is 35.2 Å². The minimum Gasteiger partial charge on any atom is -0.497 e. The van der Waals surface area contributed by atoms with Gasteiger partial charge in [0.05, 0.1) is 13.2 Å². The van der Waals surface area contributed by atoms with Gasteiger partial charge in [-0.15, -0.1) is 0 Å². The molecule has 146 valence electrons. The molecule has 27 heavy (non-hydrogen) atoms. The van der Waals surface area contributed by atoms with Crippen molar-refractivity contribution < 1.29 is 24.2 Å². The lowest BCUT2D eigenvalue weighted by molar-refractivity contribution is -0.129. The number of esters is 1. The van der Waals surface area contributed by atoms with Gasteiger partial charge in [0, 0.05) is 17.8 Å². The Labute approximate surface area is 158 Å². The molecule has 0 unspecified atom stereocenters. The number of aromatic amines is 1. The Morgan fingerprint density at radius 2 is 1.81 bits per heavy atom. The number of amides is 1. The van der Waals surface area contributed by atoms with E-state index in [0.29, 0.717) is 23.4 Å². The maximum absolute atomic E-state index is 12.4. The summed E-state index contributed by atoms with van der Waals surface area (Å²) >= 11 is 0. The highest BCUT2D eigenvalue weighted by Crippen LogP contribution is 2.25. The first-order valence-electron chi connectivity index (χ1n) is 8.73. The maximum atomic E-state index is 12.4. The van der Waals surface area contributed by atoms with Crippen molar-refractivity contribution in [2.45, 2.75) is 46.4 Å². The van der Waals surface area contributed by atoms with Gasteiger partial charge in [0.15, 0.2) is 6.10 Å². The molecule has 3 N–H and O–H groups in total. The normalized spacial score (nSPS) is 13.0. The first-order valence-corrected chi connectivity index (χ1v) is 8.73. The van der Waals surface area contributed by atoms with E-state index in [2.05, 4.69) is 10.3 Å². The van der Waals surface area contributed by atoms with Crippen LogP contribution in [0.15, 0.2) is 24.3 Å². The second-order valence-corrected chi connectivity index (χ2v) is 6.45. The molecule has 0 radical (unpaired) electrons. The molecule has 0 aliphatic rings. The predicted molar refractivity (Wildman–Crippen MR) is 101 cm³/mol. The van der Waals surface area contributed by atoms with Crippen molar-refractivity contribution >= 4 is 11.9 Å². The second-order valence-electron chi connectivity index (χ2n) is 6.45. The molecule has 2 aromatic rings. The lowest BCUT2D eigenvalue weighted by atomic mass is 10.1. The predicted octanol–water partition coefficient (Wildman–Crippen LogP) is 2.56. The molecule has 0 fully saturated rings. The van der Waals surface area contributed by atoms with Crippen molar-refractivity contribution in [2.24, 2.45) is 0 Å². The number of methoxy groups -OCH3 is 1. The smallest absolute Gasteiger partial charge is 0.355 e. The zero-order valence-electron chi connectivity index (χ0n) is 16.3. The Morgan fingerprint density at radius 1 is 1.19 bits per heavy atom. The number of nitrogens with one attached hydrogen (secondary N) is 2. The number of carbonyl (C=O) groups excluding carboxylic acids is 2. The summed E-state index contributed by atoms with van der Waals surface area (Å²) in [5.41, 5.74) is 3.14. The lowest BCUT2D eigenvalue weighted by Gasteiger charge is -2.14. The van der Waals surface area contributed by atoms with Gasteiger partial charge in [0.25, 0.3) is 5.91 Å². The summed E-state index contributed by atoms with van der Waals surface area (Å²) in [7, 11) is 1.59. The van der Waals surface area contributed by atoms with Crippen molar-refractivity contribution in [1.29, 1.82) is 0 Å². The van der Waals surface area contributed by atoms with Gasteiger partial charge >= 0.3 is 5.97 Å². The first kappa shape index (κ1) is 20.5. The topological polar surface area (TPSA) is 101 Å². The van der Waals surface area contributed by atoms with E-state index in [9.17, 15) is 14.7 Å². The Bertz CT molecular complexity index is 809. The van der Waals surface area contributed by atoms with E-state index in [1.807, 2.05) is 12.1 Å². The fourth-order valence-corrected chi connectivity index (χ4v) is 2.94. The summed E-state index contributed by atoms with van der Waals surface area (Å²) in [6, 6.07) is 7.30. The van der Waals surface area contributed by atoms with Crippen molar-refractivity contribution in [2.75, 3.05) is 7.11 Å². The summed E-state index contributed by atoms with van der Waals surface area (Å²) in [6.07, 6.45) is -1.65. The number of aliphatic hydroxyl groups is 1. The Kier molecular flexibility index (Phi) is 6.63. The van der Waals surface area contributed by atoms with Gasteiger partial charge in [-0.25, -0.2) is 4.79 Å². The summed E-state index contributed by atoms with van der Waals surface area (Å²) in [5.74, 6) is -0.286. The van der Waals surface area contributed by atoms with Crippen molar-refractivity contribution in [3.63, 3.8) is 0 Å². The summed E-state index contributed by atoms with van der Waals surface area (Å²) < 4.78 is 10.4. The zero-order valence-corrected chi connectivity index (χ0v) is 16.3. The van der Waals surface area contributed by atoms with Crippen LogP contribution in [0.2, 0.25) is 0 Å². The number of aromatic nitrogens is 1. The van der Waals surface area contributed by atoms with Crippen LogP contribution in [0, 0.1) is 13.8 Å². The summed E-state index contributed by atoms with van der Waals surface area (Å²) in [4.78, 5) is 27.5. The minimum atomic E-state index is -0.950. The third-order valence-corrected chi connectivity index (χ3v) is 4.40. The fraction of sp³-hybridized carbons (Fsp3) is 0.400. The van der Waals surface area contributed by atoms with Crippen molar-refractivity contribution in [3.8, 4) is 5.75 Å². The third-order valence-electron chi connectivity index (χ3n) is 4.40. The highest BCUT2D eigenvalue weighted by Gasteiger charge is 2.24.